The van der Waals surface area contributed by atoms with E-state index in [0.29, 0.717) is 4.90 Å². The molecule has 1 atom stereocenters. The molecule has 0 saturated carbocycles. The van der Waals surface area contributed by atoms with Gasteiger partial charge in [0.1, 0.15) is 0 Å². The molecule has 0 fully saturated rings. The van der Waals surface area contributed by atoms with Crippen LogP contribution in [0.5, 0.6) is 0 Å². The van der Waals surface area contributed by atoms with E-state index in [1.807, 2.05) is 13.1 Å². The van der Waals surface area contributed by atoms with Crippen molar-refractivity contribution in [2.24, 2.45) is 0 Å². The Kier molecular flexibility index (Phi) is 3.37. The first-order valence-electron chi connectivity index (χ1n) is 5.22. The zero-order chi connectivity index (χ0) is 11.8. The Labute approximate surface area is 104 Å². The molecule has 0 aromatic heterocycles. The molecular weight excluding hydrogens is 290 g/mol. The number of sulfone groups is 1. The van der Waals surface area contributed by atoms with E-state index in [2.05, 4.69) is 21.2 Å². The minimum atomic E-state index is -3.07. The predicted molar refractivity (Wildman–Crippen MR) is 67.5 cm³/mol. The molecule has 16 heavy (non-hydrogen) atoms. The summed E-state index contributed by atoms with van der Waals surface area (Å²) in [6, 6.07) is 5.39. The van der Waals surface area contributed by atoms with Crippen molar-refractivity contribution in [1.82, 2.24) is 5.32 Å². The average molecular weight is 304 g/mol. The van der Waals surface area contributed by atoms with E-state index >= 15 is 0 Å². The van der Waals surface area contributed by atoms with Crippen molar-refractivity contribution in [1.29, 1.82) is 0 Å². The topological polar surface area (TPSA) is 46.2 Å². The molecule has 1 aromatic rings. The number of hydrogen-bond acceptors (Lipinski definition) is 3. The highest BCUT2D eigenvalue weighted by Crippen LogP contribution is 2.40. The van der Waals surface area contributed by atoms with E-state index in [1.165, 1.54) is 0 Å². The molecule has 1 heterocycles. The SMILES string of the molecule is CNCCC1CS(=O)(=O)c2cccc(Br)c21. The van der Waals surface area contributed by atoms with Gasteiger partial charge in [-0.15, -0.1) is 0 Å². The lowest BCUT2D eigenvalue weighted by Gasteiger charge is -2.10. The van der Waals surface area contributed by atoms with E-state index in [4.69, 9.17) is 0 Å². The van der Waals surface area contributed by atoms with Crippen LogP contribution in [0.25, 0.3) is 0 Å². The molecule has 1 N–H and O–H groups in total. The third kappa shape index (κ3) is 2.04. The fourth-order valence-corrected chi connectivity index (χ4v) is 4.93. The van der Waals surface area contributed by atoms with Gasteiger partial charge in [-0.2, -0.15) is 0 Å². The molecule has 0 amide bonds. The molecule has 5 heteroatoms. The Morgan fingerprint density at radius 2 is 2.25 bits per heavy atom. The molecule has 3 nitrogen and oxygen atoms in total. The highest BCUT2D eigenvalue weighted by Gasteiger charge is 2.35. The summed E-state index contributed by atoms with van der Waals surface area (Å²) in [7, 11) is -1.19. The van der Waals surface area contributed by atoms with Crippen molar-refractivity contribution >= 4 is 25.8 Å². The Balaban J connectivity index is 2.44. The van der Waals surface area contributed by atoms with Gasteiger partial charge in [0.2, 0.25) is 0 Å². The lowest BCUT2D eigenvalue weighted by Crippen LogP contribution is -2.13. The van der Waals surface area contributed by atoms with Crippen LogP contribution in [0.15, 0.2) is 27.6 Å². The molecule has 0 bridgehead atoms. The predicted octanol–water partition coefficient (Wildman–Crippen LogP) is 1.93. The Hall–Kier alpha value is -0.390. The molecule has 1 aromatic carbocycles. The fraction of sp³-hybridized carbons (Fsp3) is 0.455. The highest BCUT2D eigenvalue weighted by atomic mass is 79.9. The van der Waals surface area contributed by atoms with Crippen LogP contribution in [-0.2, 0) is 9.84 Å². The maximum Gasteiger partial charge on any atom is 0.179 e. The number of nitrogens with one attached hydrogen (secondary N) is 1. The molecule has 0 saturated heterocycles. The van der Waals surface area contributed by atoms with Crippen LogP contribution >= 0.6 is 15.9 Å². The molecule has 1 unspecified atom stereocenters. The van der Waals surface area contributed by atoms with Gasteiger partial charge < -0.3 is 5.32 Å². The smallest absolute Gasteiger partial charge is 0.179 e. The number of rotatable bonds is 3. The van der Waals surface area contributed by atoms with Crippen molar-refractivity contribution in [3.63, 3.8) is 0 Å². The highest BCUT2D eigenvalue weighted by molar-refractivity contribution is 9.10. The summed E-state index contributed by atoms with van der Waals surface area (Å²) >= 11 is 3.45. The molecule has 0 aliphatic carbocycles. The number of fused-ring (bicyclic) bond motifs is 1. The van der Waals surface area contributed by atoms with Crippen LogP contribution in [0.2, 0.25) is 0 Å². The van der Waals surface area contributed by atoms with Crippen LogP contribution in [0, 0.1) is 0 Å². The van der Waals surface area contributed by atoms with Crippen LogP contribution in [-0.4, -0.2) is 27.8 Å². The van der Waals surface area contributed by atoms with E-state index in [9.17, 15) is 8.42 Å². The zero-order valence-corrected chi connectivity index (χ0v) is 11.4. The van der Waals surface area contributed by atoms with Gasteiger partial charge in [0.15, 0.2) is 9.84 Å². The molecule has 0 radical (unpaired) electrons. The number of halogens is 1. The van der Waals surface area contributed by atoms with Crippen molar-refractivity contribution < 1.29 is 8.42 Å². The van der Waals surface area contributed by atoms with Crippen LogP contribution < -0.4 is 5.32 Å². The fourth-order valence-electron chi connectivity index (χ4n) is 2.17. The maximum absolute atomic E-state index is 11.9. The number of hydrogen-bond donors (Lipinski definition) is 1. The molecule has 1 aliphatic heterocycles. The van der Waals surface area contributed by atoms with Gasteiger partial charge in [0, 0.05) is 10.4 Å². The second kappa shape index (κ2) is 4.47. The summed E-state index contributed by atoms with van der Waals surface area (Å²) in [6.45, 7) is 0.834. The maximum atomic E-state index is 11.9. The molecule has 2 rings (SSSR count). The van der Waals surface area contributed by atoms with Crippen LogP contribution in [0.3, 0.4) is 0 Å². The molecule has 1 aliphatic rings. The summed E-state index contributed by atoms with van der Waals surface area (Å²) in [5.41, 5.74) is 0.956. The quantitative estimate of drug-likeness (QED) is 0.928. The molecular formula is C11H14BrNO2S. The van der Waals surface area contributed by atoms with Crippen molar-refractivity contribution in [2.45, 2.75) is 17.2 Å². The van der Waals surface area contributed by atoms with Gasteiger partial charge in [0.05, 0.1) is 10.6 Å². The Morgan fingerprint density at radius 1 is 1.50 bits per heavy atom. The summed E-state index contributed by atoms with van der Waals surface area (Å²) in [6.07, 6.45) is 0.853. The van der Waals surface area contributed by atoms with Crippen LogP contribution in [0.4, 0.5) is 0 Å². The van der Waals surface area contributed by atoms with E-state index in [1.54, 1.807) is 12.1 Å². The van der Waals surface area contributed by atoms with E-state index in [-0.39, 0.29) is 11.7 Å². The van der Waals surface area contributed by atoms with Crippen molar-refractivity contribution in [3.8, 4) is 0 Å². The lowest BCUT2D eigenvalue weighted by atomic mass is 9.98. The number of benzene rings is 1. The summed E-state index contributed by atoms with van der Waals surface area (Å²) in [5.74, 6) is 0.357. The van der Waals surface area contributed by atoms with Gasteiger partial charge >= 0.3 is 0 Å². The monoisotopic (exact) mass is 303 g/mol. The first-order chi connectivity index (χ1) is 7.56. The second-order valence-electron chi connectivity index (χ2n) is 4.02. The summed E-state index contributed by atoms with van der Waals surface area (Å²) in [5, 5.41) is 3.06. The second-order valence-corrected chi connectivity index (χ2v) is 6.88. The largest absolute Gasteiger partial charge is 0.320 e. The van der Waals surface area contributed by atoms with E-state index in [0.717, 1.165) is 23.0 Å². The molecule has 88 valence electrons. The Bertz CT molecular complexity index is 499. The first-order valence-corrected chi connectivity index (χ1v) is 7.66. The third-order valence-corrected chi connectivity index (χ3v) is 5.48. The van der Waals surface area contributed by atoms with Gasteiger partial charge in [0.25, 0.3) is 0 Å². The van der Waals surface area contributed by atoms with Gasteiger partial charge in [-0.05, 0) is 37.7 Å². The summed E-state index contributed by atoms with van der Waals surface area (Å²) < 4.78 is 24.8. The van der Waals surface area contributed by atoms with Gasteiger partial charge in [-0.1, -0.05) is 22.0 Å². The van der Waals surface area contributed by atoms with E-state index < -0.39 is 9.84 Å². The minimum Gasteiger partial charge on any atom is -0.320 e. The van der Waals surface area contributed by atoms with Gasteiger partial charge in [-0.25, -0.2) is 8.42 Å². The van der Waals surface area contributed by atoms with Crippen LogP contribution in [0.1, 0.15) is 17.9 Å². The van der Waals surface area contributed by atoms with Crippen molar-refractivity contribution in [2.75, 3.05) is 19.3 Å². The average Bonchev–Trinajstić information content (AvgIpc) is 2.49. The Morgan fingerprint density at radius 3 is 2.94 bits per heavy atom. The first kappa shape index (κ1) is 12.1. The van der Waals surface area contributed by atoms with Gasteiger partial charge in [-0.3, -0.25) is 0 Å². The normalized spacial score (nSPS) is 22.0. The molecule has 0 spiro atoms. The standard InChI is InChI=1S/C11H14BrNO2S/c1-13-6-5-8-7-16(14,15)10-4-2-3-9(12)11(8)10/h2-4,8,13H,5-7H2,1H3. The van der Waals surface area contributed by atoms with Crippen molar-refractivity contribution in [3.05, 3.63) is 28.2 Å². The third-order valence-electron chi connectivity index (χ3n) is 2.92. The lowest BCUT2D eigenvalue weighted by molar-refractivity contribution is 0.591. The minimum absolute atomic E-state index is 0.114. The summed E-state index contributed by atoms with van der Waals surface area (Å²) in [4.78, 5) is 0.503. The zero-order valence-electron chi connectivity index (χ0n) is 9.03.